The number of nitrogen functional groups attached to an aromatic ring is 1. The predicted octanol–water partition coefficient (Wildman–Crippen LogP) is 1.49. The molecular weight excluding hydrogens is 240 g/mol. The molecule has 1 fully saturated rings. The van der Waals surface area contributed by atoms with Gasteiger partial charge in [0.25, 0.3) is 0 Å². The second kappa shape index (κ2) is 5.33. The molecule has 0 spiro atoms. The molecule has 92 valence electrons. The van der Waals surface area contributed by atoms with Crippen LogP contribution in [0, 0.1) is 0 Å². The molecule has 2 N–H and O–H groups in total. The van der Waals surface area contributed by atoms with E-state index in [4.69, 9.17) is 22.1 Å². The van der Waals surface area contributed by atoms with Crippen molar-refractivity contribution in [2.24, 2.45) is 0 Å². The Hall–Kier alpha value is -1.33. The fourth-order valence-electron chi connectivity index (χ4n) is 1.86. The second-order valence-electron chi connectivity index (χ2n) is 3.89. The van der Waals surface area contributed by atoms with Crippen LogP contribution in [0.5, 0.6) is 0 Å². The molecule has 17 heavy (non-hydrogen) atoms. The van der Waals surface area contributed by atoms with E-state index in [0.717, 1.165) is 25.3 Å². The lowest BCUT2D eigenvalue weighted by Crippen LogP contribution is -2.24. The number of nitrogens with zero attached hydrogens (tertiary/aromatic N) is 3. The average molecular weight is 255 g/mol. The molecule has 1 atom stereocenters. The average Bonchev–Trinajstić information content (AvgIpc) is 2.73. The van der Waals surface area contributed by atoms with E-state index in [1.165, 1.54) is 0 Å². The van der Waals surface area contributed by atoms with Crippen LogP contribution in [0.25, 0.3) is 0 Å². The minimum Gasteiger partial charge on any atom is -0.372 e. The summed E-state index contributed by atoms with van der Waals surface area (Å²) in [5, 5.41) is 0.364. The van der Waals surface area contributed by atoms with Crippen molar-refractivity contribution >= 4 is 23.4 Å². The summed E-state index contributed by atoms with van der Waals surface area (Å²) in [7, 11) is 0. The van der Waals surface area contributed by atoms with Crippen molar-refractivity contribution in [1.29, 1.82) is 0 Å². The van der Waals surface area contributed by atoms with Crippen LogP contribution >= 0.6 is 11.6 Å². The highest BCUT2D eigenvalue weighted by Crippen LogP contribution is 2.22. The van der Waals surface area contributed by atoms with Crippen molar-refractivity contribution in [1.82, 2.24) is 9.97 Å². The number of halogens is 1. The van der Waals surface area contributed by atoms with Crippen LogP contribution in [-0.2, 0) is 4.74 Å². The van der Waals surface area contributed by atoms with Gasteiger partial charge in [0.15, 0.2) is 0 Å². The zero-order valence-electron chi connectivity index (χ0n) is 9.47. The monoisotopic (exact) mass is 254 g/mol. The highest BCUT2D eigenvalue weighted by molar-refractivity contribution is 6.29. The minimum absolute atomic E-state index is 0.197. The Morgan fingerprint density at radius 3 is 3.18 bits per heavy atom. The topological polar surface area (TPSA) is 64.3 Å². The van der Waals surface area contributed by atoms with Gasteiger partial charge in [0.1, 0.15) is 11.0 Å². The van der Waals surface area contributed by atoms with Crippen molar-refractivity contribution in [3.05, 3.63) is 23.9 Å². The molecule has 1 unspecified atom stereocenters. The summed E-state index contributed by atoms with van der Waals surface area (Å²) >= 11 is 5.85. The summed E-state index contributed by atoms with van der Waals surface area (Å²) in [5.74, 6) is 0.954. The van der Waals surface area contributed by atoms with Crippen molar-refractivity contribution in [2.45, 2.75) is 12.5 Å². The first-order valence-corrected chi connectivity index (χ1v) is 5.84. The van der Waals surface area contributed by atoms with Gasteiger partial charge in [0.05, 0.1) is 12.7 Å². The maximum absolute atomic E-state index is 5.85. The van der Waals surface area contributed by atoms with E-state index >= 15 is 0 Å². The van der Waals surface area contributed by atoms with Gasteiger partial charge in [0, 0.05) is 19.2 Å². The Morgan fingerprint density at radius 2 is 2.47 bits per heavy atom. The fraction of sp³-hybridized carbons (Fsp3) is 0.455. The third-order valence-electron chi connectivity index (χ3n) is 2.62. The molecule has 2 heterocycles. The highest BCUT2D eigenvalue weighted by atomic mass is 35.5. The van der Waals surface area contributed by atoms with E-state index in [1.807, 2.05) is 0 Å². The molecule has 1 aromatic heterocycles. The van der Waals surface area contributed by atoms with E-state index in [0.29, 0.717) is 11.8 Å². The second-order valence-corrected chi connectivity index (χ2v) is 4.27. The lowest BCUT2D eigenvalue weighted by Gasteiger charge is -2.17. The van der Waals surface area contributed by atoms with E-state index in [9.17, 15) is 0 Å². The van der Waals surface area contributed by atoms with Crippen molar-refractivity contribution in [2.75, 3.05) is 30.3 Å². The number of hydrogen-bond acceptors (Lipinski definition) is 5. The molecule has 1 saturated heterocycles. The highest BCUT2D eigenvalue weighted by Gasteiger charge is 2.24. The maximum atomic E-state index is 5.85. The lowest BCUT2D eigenvalue weighted by molar-refractivity contribution is 0.0909. The normalized spacial score (nSPS) is 19.6. The number of nitrogens with two attached hydrogens (primary N) is 1. The van der Waals surface area contributed by atoms with E-state index in [-0.39, 0.29) is 12.1 Å². The first-order valence-electron chi connectivity index (χ1n) is 5.46. The molecule has 6 heteroatoms. The van der Waals surface area contributed by atoms with Crippen LogP contribution < -0.4 is 10.6 Å². The van der Waals surface area contributed by atoms with Crippen LogP contribution in [0.15, 0.2) is 18.7 Å². The van der Waals surface area contributed by atoms with Crippen LogP contribution in [0.1, 0.15) is 6.42 Å². The molecule has 0 aromatic carbocycles. The van der Waals surface area contributed by atoms with Gasteiger partial charge >= 0.3 is 0 Å². The molecule has 5 nitrogen and oxygen atoms in total. The van der Waals surface area contributed by atoms with Gasteiger partial charge < -0.3 is 15.4 Å². The van der Waals surface area contributed by atoms with E-state index in [1.54, 1.807) is 12.1 Å². The molecular formula is C11H15ClN4O. The summed E-state index contributed by atoms with van der Waals surface area (Å²) in [6.07, 6.45) is 2.93. The molecule has 0 bridgehead atoms. The Balaban J connectivity index is 2.02. The summed E-state index contributed by atoms with van der Waals surface area (Å²) in [6, 6.07) is 1.72. The molecule has 0 saturated carbocycles. The SMILES string of the molecule is C=CCOC1CCN(c2cc(Cl)nc(N)n2)C1. The summed E-state index contributed by atoms with van der Waals surface area (Å²) in [5.41, 5.74) is 5.56. The number of rotatable bonds is 4. The quantitative estimate of drug-likeness (QED) is 0.652. The Bertz CT molecular complexity index is 392. The van der Waals surface area contributed by atoms with Gasteiger partial charge in [-0.05, 0) is 6.42 Å². The van der Waals surface area contributed by atoms with Crippen molar-refractivity contribution in [3.8, 4) is 0 Å². The molecule has 0 amide bonds. The number of anilines is 2. The zero-order valence-corrected chi connectivity index (χ0v) is 10.2. The Kier molecular flexibility index (Phi) is 3.81. The zero-order chi connectivity index (χ0) is 12.3. The summed E-state index contributed by atoms with van der Waals surface area (Å²) < 4.78 is 5.60. The molecule has 0 aliphatic carbocycles. The summed E-state index contributed by atoms with van der Waals surface area (Å²) in [6.45, 7) is 5.88. The maximum Gasteiger partial charge on any atom is 0.223 e. The van der Waals surface area contributed by atoms with Crippen LogP contribution in [-0.4, -0.2) is 35.8 Å². The first kappa shape index (κ1) is 12.1. The third-order valence-corrected chi connectivity index (χ3v) is 2.81. The Morgan fingerprint density at radius 1 is 1.65 bits per heavy atom. The van der Waals surface area contributed by atoms with Crippen LogP contribution in [0.3, 0.4) is 0 Å². The Labute approximate surface area is 105 Å². The number of hydrogen-bond donors (Lipinski definition) is 1. The first-order chi connectivity index (χ1) is 8.19. The number of ether oxygens (including phenoxy) is 1. The molecule has 1 aliphatic rings. The van der Waals surface area contributed by atoms with Gasteiger partial charge in [-0.1, -0.05) is 17.7 Å². The van der Waals surface area contributed by atoms with Gasteiger partial charge in [-0.25, -0.2) is 4.98 Å². The van der Waals surface area contributed by atoms with Crippen molar-refractivity contribution < 1.29 is 4.74 Å². The van der Waals surface area contributed by atoms with Crippen LogP contribution in [0.4, 0.5) is 11.8 Å². The lowest BCUT2D eigenvalue weighted by atomic mass is 10.3. The standard InChI is InChI=1S/C11H15ClN4O/c1-2-5-17-8-3-4-16(7-8)10-6-9(12)14-11(13)15-10/h2,6,8H,1,3-5,7H2,(H2,13,14,15). The molecule has 1 aliphatic heterocycles. The predicted molar refractivity (Wildman–Crippen MR) is 68.2 cm³/mol. The molecule has 1 aromatic rings. The molecule has 0 radical (unpaired) electrons. The summed E-state index contributed by atoms with van der Waals surface area (Å²) in [4.78, 5) is 10.1. The van der Waals surface area contributed by atoms with E-state index in [2.05, 4.69) is 21.4 Å². The van der Waals surface area contributed by atoms with Gasteiger partial charge in [0.2, 0.25) is 5.95 Å². The minimum atomic E-state index is 0.197. The number of aromatic nitrogens is 2. The largest absolute Gasteiger partial charge is 0.372 e. The smallest absolute Gasteiger partial charge is 0.223 e. The van der Waals surface area contributed by atoms with Gasteiger partial charge in [-0.3, -0.25) is 0 Å². The van der Waals surface area contributed by atoms with Crippen LogP contribution in [0.2, 0.25) is 5.15 Å². The van der Waals surface area contributed by atoms with Crippen molar-refractivity contribution in [3.63, 3.8) is 0 Å². The molecule has 2 rings (SSSR count). The van der Waals surface area contributed by atoms with E-state index < -0.39 is 0 Å². The fourth-order valence-corrected chi connectivity index (χ4v) is 2.05. The third kappa shape index (κ3) is 3.08. The van der Waals surface area contributed by atoms with Gasteiger partial charge in [-0.2, -0.15) is 4.98 Å². The van der Waals surface area contributed by atoms with Gasteiger partial charge in [-0.15, -0.1) is 6.58 Å².